The van der Waals surface area contributed by atoms with Gasteiger partial charge < -0.3 is 10.2 Å². The summed E-state index contributed by atoms with van der Waals surface area (Å²) in [5, 5.41) is 4.26. The maximum Gasteiger partial charge on any atom is 0.321 e. The summed E-state index contributed by atoms with van der Waals surface area (Å²) in [6.45, 7) is 2.87. The number of benzene rings is 1. The van der Waals surface area contributed by atoms with E-state index in [1.165, 1.54) is 17.4 Å². The quantitative estimate of drug-likeness (QED) is 0.609. The van der Waals surface area contributed by atoms with Crippen LogP contribution in [-0.4, -0.2) is 63.9 Å². The first kappa shape index (κ1) is 20.6. The number of nitrogens with zero attached hydrogens (tertiary/aromatic N) is 1. The third kappa shape index (κ3) is 4.50. The number of halogens is 2. The Morgan fingerprint density at radius 2 is 1.92 bits per heavy atom. The second-order valence-electron chi connectivity index (χ2n) is 5.93. The molecule has 0 unspecified atom stereocenters. The lowest BCUT2D eigenvalue weighted by Crippen LogP contribution is -3.19. The summed E-state index contributed by atoms with van der Waals surface area (Å²) in [4.78, 5) is 24.0. The van der Waals surface area contributed by atoms with Crippen LogP contribution in [0.5, 0.6) is 0 Å². The number of hydrogen-bond donors (Lipinski definition) is 3. The fourth-order valence-electron chi connectivity index (χ4n) is 2.70. The minimum atomic E-state index is -3.79. The van der Waals surface area contributed by atoms with Crippen LogP contribution in [-0.2, 0) is 14.8 Å². The van der Waals surface area contributed by atoms with Crippen molar-refractivity contribution in [2.24, 2.45) is 0 Å². The molecular formula is C15H21ClFN4O4S+. The summed E-state index contributed by atoms with van der Waals surface area (Å²) in [5.41, 5.74) is 0. The summed E-state index contributed by atoms with van der Waals surface area (Å²) in [5.74, 6) is -1.11. The van der Waals surface area contributed by atoms with E-state index >= 15 is 0 Å². The molecule has 3 amide bonds. The van der Waals surface area contributed by atoms with Gasteiger partial charge in [0.2, 0.25) is 10.0 Å². The van der Waals surface area contributed by atoms with Gasteiger partial charge in [0, 0.05) is 7.05 Å². The molecule has 0 saturated carbocycles. The largest absolute Gasteiger partial charge is 0.341 e. The highest BCUT2D eigenvalue weighted by Gasteiger charge is 2.35. The minimum Gasteiger partial charge on any atom is -0.341 e. The van der Waals surface area contributed by atoms with Gasteiger partial charge in [0.15, 0.2) is 6.04 Å². The second kappa shape index (κ2) is 8.30. The molecule has 1 aromatic carbocycles. The van der Waals surface area contributed by atoms with Crippen molar-refractivity contribution >= 4 is 33.6 Å². The summed E-state index contributed by atoms with van der Waals surface area (Å²) in [6, 6.07) is 2.19. The molecule has 144 valence electrons. The number of hydrogen-bond acceptors (Lipinski definition) is 4. The van der Waals surface area contributed by atoms with Gasteiger partial charge >= 0.3 is 6.03 Å². The van der Waals surface area contributed by atoms with Gasteiger partial charge in [-0.15, -0.1) is 0 Å². The predicted octanol–water partition coefficient (Wildman–Crippen LogP) is -0.788. The molecule has 11 heteroatoms. The zero-order valence-electron chi connectivity index (χ0n) is 14.4. The van der Waals surface area contributed by atoms with Gasteiger partial charge in [0.05, 0.1) is 36.1 Å². The Morgan fingerprint density at radius 3 is 2.46 bits per heavy atom. The van der Waals surface area contributed by atoms with Gasteiger partial charge in [0.1, 0.15) is 5.82 Å². The highest BCUT2D eigenvalue weighted by Crippen LogP contribution is 2.22. The Morgan fingerprint density at radius 1 is 1.31 bits per heavy atom. The molecule has 0 radical (unpaired) electrons. The predicted molar refractivity (Wildman–Crippen MR) is 92.9 cm³/mol. The summed E-state index contributed by atoms with van der Waals surface area (Å²) in [6.07, 6.45) is 0. The van der Waals surface area contributed by atoms with Crippen molar-refractivity contribution in [1.29, 1.82) is 0 Å². The van der Waals surface area contributed by atoms with Crippen LogP contribution in [0.1, 0.15) is 6.92 Å². The monoisotopic (exact) mass is 407 g/mol. The summed E-state index contributed by atoms with van der Waals surface area (Å²) >= 11 is 5.67. The highest BCUT2D eigenvalue weighted by atomic mass is 35.5. The molecule has 0 spiro atoms. The van der Waals surface area contributed by atoms with E-state index in [9.17, 15) is 22.4 Å². The number of imide groups is 1. The van der Waals surface area contributed by atoms with Gasteiger partial charge in [0.25, 0.3) is 5.91 Å². The molecule has 1 atom stereocenters. The molecule has 26 heavy (non-hydrogen) atoms. The fourth-order valence-corrected chi connectivity index (χ4v) is 4.41. The van der Waals surface area contributed by atoms with Crippen LogP contribution in [0, 0.1) is 5.82 Å². The number of carbonyl (C=O) groups is 2. The molecule has 2 rings (SSSR count). The standard InChI is InChI=1S/C15H20ClFN4O4S/c1-10(14(22)19-15(23)18-2)20-5-7-21(8-6-20)26(24,25)11-3-4-13(17)12(16)9-11/h3-4,9-10H,5-8H2,1-2H3,(H2,18,19,22,23)/p+1/t10-/m0/s1. The molecule has 1 aliphatic rings. The van der Waals surface area contributed by atoms with Gasteiger partial charge in [-0.25, -0.2) is 17.6 Å². The zero-order valence-corrected chi connectivity index (χ0v) is 16.0. The third-order valence-corrected chi connectivity index (χ3v) is 6.55. The van der Waals surface area contributed by atoms with E-state index < -0.39 is 33.8 Å². The van der Waals surface area contributed by atoms with Crippen molar-refractivity contribution in [2.45, 2.75) is 17.9 Å². The summed E-state index contributed by atoms with van der Waals surface area (Å²) in [7, 11) is -2.38. The molecule has 1 saturated heterocycles. The first-order valence-electron chi connectivity index (χ1n) is 7.99. The molecule has 0 aliphatic carbocycles. The van der Waals surface area contributed by atoms with E-state index in [0.717, 1.165) is 17.0 Å². The zero-order chi connectivity index (χ0) is 19.5. The van der Waals surface area contributed by atoms with Crippen LogP contribution in [0.15, 0.2) is 23.1 Å². The Kier molecular flexibility index (Phi) is 6.56. The van der Waals surface area contributed by atoms with Crippen LogP contribution in [0.3, 0.4) is 0 Å². The van der Waals surface area contributed by atoms with E-state index in [0.29, 0.717) is 13.1 Å². The molecule has 8 nitrogen and oxygen atoms in total. The second-order valence-corrected chi connectivity index (χ2v) is 8.27. The van der Waals surface area contributed by atoms with E-state index in [4.69, 9.17) is 11.6 Å². The number of amides is 3. The fraction of sp³-hybridized carbons (Fsp3) is 0.467. The maximum atomic E-state index is 13.3. The number of urea groups is 1. The van der Waals surface area contributed by atoms with E-state index in [2.05, 4.69) is 10.6 Å². The smallest absolute Gasteiger partial charge is 0.321 e. The Balaban J connectivity index is 2.02. The van der Waals surface area contributed by atoms with Crippen LogP contribution < -0.4 is 15.5 Å². The lowest BCUT2D eigenvalue weighted by molar-refractivity contribution is -0.917. The molecule has 3 N–H and O–H groups in total. The van der Waals surface area contributed by atoms with Crippen molar-refractivity contribution in [3.05, 3.63) is 29.0 Å². The normalized spacial score (nSPS) is 17.5. The van der Waals surface area contributed by atoms with E-state index in [1.54, 1.807) is 6.92 Å². The molecule has 0 aromatic heterocycles. The van der Waals surface area contributed by atoms with Crippen LogP contribution >= 0.6 is 11.6 Å². The summed E-state index contributed by atoms with van der Waals surface area (Å²) < 4.78 is 39.8. The lowest BCUT2D eigenvalue weighted by atomic mass is 10.2. The van der Waals surface area contributed by atoms with Crippen LogP contribution in [0.2, 0.25) is 5.02 Å². The van der Waals surface area contributed by atoms with Crippen LogP contribution in [0.25, 0.3) is 0 Å². The van der Waals surface area contributed by atoms with Gasteiger partial charge in [-0.3, -0.25) is 10.1 Å². The first-order valence-corrected chi connectivity index (χ1v) is 9.81. The van der Waals surface area contributed by atoms with Gasteiger partial charge in [-0.05, 0) is 25.1 Å². The molecule has 0 bridgehead atoms. The van der Waals surface area contributed by atoms with Gasteiger partial charge in [-0.1, -0.05) is 11.6 Å². The topological polar surface area (TPSA) is 100 Å². The molecule has 1 fully saturated rings. The van der Waals surface area contributed by atoms with Gasteiger partial charge in [-0.2, -0.15) is 4.31 Å². The average Bonchev–Trinajstić information content (AvgIpc) is 2.63. The number of nitrogens with one attached hydrogen (secondary N) is 3. The number of sulfonamides is 1. The highest BCUT2D eigenvalue weighted by molar-refractivity contribution is 7.89. The maximum absolute atomic E-state index is 13.3. The van der Waals surface area contributed by atoms with Crippen molar-refractivity contribution in [1.82, 2.24) is 14.9 Å². The lowest BCUT2D eigenvalue weighted by Gasteiger charge is -2.34. The molecule has 1 aromatic rings. The molecule has 1 aliphatic heterocycles. The number of piperazine rings is 1. The Labute approximate surface area is 156 Å². The average molecular weight is 408 g/mol. The molecular weight excluding hydrogens is 387 g/mol. The number of quaternary nitrogens is 1. The van der Waals surface area contributed by atoms with Crippen molar-refractivity contribution in [3.63, 3.8) is 0 Å². The number of rotatable bonds is 4. The Bertz CT molecular complexity index is 797. The van der Waals surface area contributed by atoms with E-state index in [1.807, 2.05) is 0 Å². The van der Waals surface area contributed by atoms with Crippen LogP contribution in [0.4, 0.5) is 9.18 Å². The third-order valence-electron chi connectivity index (χ3n) is 4.36. The van der Waals surface area contributed by atoms with Crippen molar-refractivity contribution < 1.29 is 27.3 Å². The molecule has 1 heterocycles. The first-order chi connectivity index (χ1) is 12.2. The number of carbonyl (C=O) groups excluding carboxylic acids is 2. The minimum absolute atomic E-state index is 0.0715. The van der Waals surface area contributed by atoms with Crippen molar-refractivity contribution in [2.75, 3.05) is 33.2 Å². The SMILES string of the molecule is CNC(=O)NC(=O)[C@H](C)[NH+]1CCN(S(=O)(=O)c2ccc(F)c(Cl)c2)CC1. The Hall–Kier alpha value is -1.75. The van der Waals surface area contributed by atoms with E-state index in [-0.39, 0.29) is 23.0 Å². The van der Waals surface area contributed by atoms with Crippen molar-refractivity contribution in [3.8, 4) is 0 Å².